The first kappa shape index (κ1) is 18.0. The molecule has 0 N–H and O–H groups in total. The lowest BCUT2D eigenvalue weighted by atomic mass is 9.95. The van der Waals surface area contributed by atoms with Crippen LogP contribution >= 0.6 is 0 Å². The first-order valence-electron chi connectivity index (χ1n) is 9.96. The summed E-state index contributed by atoms with van der Waals surface area (Å²) in [6.45, 7) is 2.82. The average Bonchev–Trinajstić information content (AvgIpc) is 3.40. The largest absolute Gasteiger partial charge is 0.441 e. The van der Waals surface area contributed by atoms with Crippen molar-refractivity contribution in [3.05, 3.63) is 41.9 Å². The molecule has 4 rings (SSSR count). The molecule has 27 heavy (non-hydrogen) atoms. The molecule has 0 radical (unpaired) electrons. The van der Waals surface area contributed by atoms with Crippen LogP contribution in [0.1, 0.15) is 50.0 Å². The number of benzene rings is 1. The fourth-order valence-corrected chi connectivity index (χ4v) is 4.40. The molecule has 1 saturated carbocycles. The van der Waals surface area contributed by atoms with E-state index in [4.69, 9.17) is 4.42 Å². The Bertz CT molecular complexity index is 824. The van der Waals surface area contributed by atoms with Crippen molar-refractivity contribution in [2.24, 2.45) is 5.92 Å². The van der Waals surface area contributed by atoms with E-state index in [0.29, 0.717) is 30.9 Å². The minimum atomic E-state index is 0.0614. The van der Waals surface area contributed by atoms with Crippen molar-refractivity contribution in [2.75, 3.05) is 6.54 Å². The van der Waals surface area contributed by atoms with Crippen molar-refractivity contribution in [3.63, 3.8) is 0 Å². The van der Waals surface area contributed by atoms with Gasteiger partial charge in [0.25, 0.3) is 0 Å². The van der Waals surface area contributed by atoms with Crippen LogP contribution in [-0.2, 0) is 16.0 Å². The van der Waals surface area contributed by atoms with E-state index in [-0.39, 0.29) is 17.9 Å². The van der Waals surface area contributed by atoms with Gasteiger partial charge in [-0.2, -0.15) is 0 Å². The maximum Gasteiger partial charge on any atom is 0.223 e. The average molecular weight is 366 g/mol. The van der Waals surface area contributed by atoms with Crippen LogP contribution in [0, 0.1) is 12.8 Å². The van der Waals surface area contributed by atoms with E-state index >= 15 is 0 Å². The van der Waals surface area contributed by atoms with Crippen LogP contribution in [0.5, 0.6) is 0 Å². The molecule has 0 unspecified atom stereocenters. The van der Waals surface area contributed by atoms with Gasteiger partial charge in [0.05, 0.1) is 6.20 Å². The van der Waals surface area contributed by atoms with Gasteiger partial charge in [-0.1, -0.05) is 29.8 Å². The molecular formula is C22H26N2O3. The van der Waals surface area contributed by atoms with Crippen molar-refractivity contribution in [3.8, 4) is 11.3 Å². The van der Waals surface area contributed by atoms with Gasteiger partial charge in [0.15, 0.2) is 11.7 Å². The Morgan fingerprint density at radius 1 is 1.22 bits per heavy atom. The Labute approximate surface area is 159 Å². The van der Waals surface area contributed by atoms with E-state index in [2.05, 4.69) is 4.98 Å². The van der Waals surface area contributed by atoms with Gasteiger partial charge in [-0.15, -0.1) is 0 Å². The van der Waals surface area contributed by atoms with Crippen LogP contribution < -0.4 is 0 Å². The highest BCUT2D eigenvalue weighted by Gasteiger charge is 2.39. The summed E-state index contributed by atoms with van der Waals surface area (Å²) in [5, 5.41) is 0. The lowest BCUT2D eigenvalue weighted by Crippen LogP contribution is -2.41. The molecular weight excluding hydrogens is 340 g/mol. The number of oxazole rings is 1. The third kappa shape index (κ3) is 3.82. The summed E-state index contributed by atoms with van der Waals surface area (Å²) in [4.78, 5) is 31.1. The second kappa shape index (κ2) is 7.67. The zero-order valence-electron chi connectivity index (χ0n) is 15.8. The first-order valence-corrected chi connectivity index (χ1v) is 9.96. The monoisotopic (exact) mass is 366 g/mol. The summed E-state index contributed by atoms with van der Waals surface area (Å²) >= 11 is 0. The van der Waals surface area contributed by atoms with Crippen LogP contribution in [-0.4, -0.2) is 34.2 Å². The number of rotatable bonds is 5. The van der Waals surface area contributed by atoms with E-state index in [1.807, 2.05) is 36.1 Å². The molecule has 1 aliphatic heterocycles. The van der Waals surface area contributed by atoms with Gasteiger partial charge in [0, 0.05) is 43.3 Å². The molecule has 2 atom stereocenters. The minimum Gasteiger partial charge on any atom is -0.441 e. The number of hydrogen-bond acceptors (Lipinski definition) is 4. The molecule has 5 heteroatoms. The van der Waals surface area contributed by atoms with Crippen LogP contribution in [0.3, 0.4) is 0 Å². The molecule has 1 saturated heterocycles. The zero-order chi connectivity index (χ0) is 18.8. The topological polar surface area (TPSA) is 63.4 Å². The Kier molecular flexibility index (Phi) is 5.10. The molecule has 1 aromatic heterocycles. The highest BCUT2D eigenvalue weighted by molar-refractivity contribution is 5.85. The molecule has 1 aromatic carbocycles. The van der Waals surface area contributed by atoms with E-state index in [9.17, 15) is 9.59 Å². The number of amides is 1. The Balaban J connectivity index is 1.36. The van der Waals surface area contributed by atoms with Gasteiger partial charge in [0.1, 0.15) is 5.78 Å². The minimum absolute atomic E-state index is 0.0614. The second-order valence-electron chi connectivity index (χ2n) is 7.75. The summed E-state index contributed by atoms with van der Waals surface area (Å²) in [7, 11) is 0. The van der Waals surface area contributed by atoms with Crippen molar-refractivity contribution in [1.29, 1.82) is 0 Å². The van der Waals surface area contributed by atoms with Crippen LogP contribution in [0.4, 0.5) is 0 Å². The maximum atomic E-state index is 12.8. The number of nitrogens with zero attached hydrogens (tertiary/aromatic N) is 2. The predicted octanol–water partition coefficient (Wildman–Crippen LogP) is 3.94. The number of carbonyl (C=O) groups excluding carboxylic acids is 2. The highest BCUT2D eigenvalue weighted by atomic mass is 16.4. The van der Waals surface area contributed by atoms with Crippen molar-refractivity contribution < 1.29 is 14.0 Å². The van der Waals surface area contributed by atoms with Gasteiger partial charge in [-0.3, -0.25) is 9.59 Å². The van der Waals surface area contributed by atoms with E-state index in [1.54, 1.807) is 6.20 Å². The molecule has 142 valence electrons. The molecule has 0 spiro atoms. The predicted molar refractivity (Wildman–Crippen MR) is 102 cm³/mol. The van der Waals surface area contributed by atoms with Crippen LogP contribution in [0.15, 0.2) is 34.9 Å². The summed E-state index contributed by atoms with van der Waals surface area (Å²) in [5.41, 5.74) is 2.19. The molecule has 5 nitrogen and oxygen atoms in total. The van der Waals surface area contributed by atoms with Crippen molar-refractivity contribution >= 4 is 11.7 Å². The van der Waals surface area contributed by atoms with Crippen molar-refractivity contribution in [1.82, 2.24) is 9.88 Å². The number of hydrogen-bond donors (Lipinski definition) is 0. The van der Waals surface area contributed by atoms with E-state index < -0.39 is 0 Å². The summed E-state index contributed by atoms with van der Waals surface area (Å²) in [6.07, 6.45) is 7.14. The number of aromatic nitrogens is 1. The number of aryl methyl sites for hydroxylation is 2. The standard InChI is InChI=1S/C22H26N2O3/c1-15-7-9-16(10-8-15)20-14-23-21(27-20)11-12-22(26)24-13-3-5-18(24)17-4-2-6-19(17)25/h7-10,14,17-18H,2-6,11-13H2,1H3/t17-,18-/m0/s1. The first-order chi connectivity index (χ1) is 13.1. The summed E-state index contributed by atoms with van der Waals surface area (Å²) in [6, 6.07) is 8.22. The second-order valence-corrected chi connectivity index (χ2v) is 7.75. The summed E-state index contributed by atoms with van der Waals surface area (Å²) in [5.74, 6) is 1.84. The fourth-order valence-electron chi connectivity index (χ4n) is 4.40. The SMILES string of the molecule is Cc1ccc(-c2cnc(CCC(=O)N3CCC[C@H]3[C@@H]3CCCC3=O)o2)cc1. The Hall–Kier alpha value is -2.43. The van der Waals surface area contributed by atoms with E-state index in [1.165, 1.54) is 5.56 Å². The fraction of sp³-hybridized carbons (Fsp3) is 0.500. The Morgan fingerprint density at radius 3 is 2.78 bits per heavy atom. The molecule has 1 amide bonds. The zero-order valence-corrected chi connectivity index (χ0v) is 15.8. The highest BCUT2D eigenvalue weighted by Crippen LogP contribution is 2.33. The third-order valence-electron chi connectivity index (χ3n) is 5.88. The van der Waals surface area contributed by atoms with Gasteiger partial charge in [0.2, 0.25) is 5.91 Å². The summed E-state index contributed by atoms with van der Waals surface area (Å²) < 4.78 is 5.83. The molecule has 2 heterocycles. The number of likely N-dealkylation sites (tertiary alicyclic amines) is 1. The lowest BCUT2D eigenvalue weighted by molar-refractivity contribution is -0.134. The van der Waals surface area contributed by atoms with Gasteiger partial charge >= 0.3 is 0 Å². The van der Waals surface area contributed by atoms with E-state index in [0.717, 1.165) is 43.6 Å². The lowest BCUT2D eigenvalue weighted by Gasteiger charge is -2.28. The molecule has 0 bridgehead atoms. The maximum absolute atomic E-state index is 12.8. The molecule has 2 aliphatic rings. The molecule has 1 aliphatic carbocycles. The molecule has 2 aromatic rings. The third-order valence-corrected chi connectivity index (χ3v) is 5.88. The number of ketones is 1. The van der Waals surface area contributed by atoms with Gasteiger partial charge in [-0.05, 0) is 32.6 Å². The van der Waals surface area contributed by atoms with Gasteiger partial charge in [-0.25, -0.2) is 4.98 Å². The van der Waals surface area contributed by atoms with Crippen LogP contribution in [0.2, 0.25) is 0 Å². The smallest absolute Gasteiger partial charge is 0.223 e. The Morgan fingerprint density at radius 2 is 2.04 bits per heavy atom. The quantitative estimate of drug-likeness (QED) is 0.804. The normalized spacial score (nSPS) is 22.6. The number of Topliss-reactive ketones (excluding diaryl/α,β-unsaturated/α-hetero) is 1. The van der Waals surface area contributed by atoms with Crippen LogP contribution in [0.25, 0.3) is 11.3 Å². The van der Waals surface area contributed by atoms with Crippen molar-refractivity contribution in [2.45, 2.75) is 57.9 Å². The molecule has 2 fully saturated rings. The van der Waals surface area contributed by atoms with Gasteiger partial charge < -0.3 is 9.32 Å². The number of carbonyl (C=O) groups is 2.